The molecule has 0 saturated carbocycles. The summed E-state index contributed by atoms with van der Waals surface area (Å²) in [6.07, 6.45) is 8.79. The van der Waals surface area contributed by atoms with E-state index in [-0.39, 0.29) is 37.7 Å². The molecule has 1 aromatic rings. The fourth-order valence-corrected chi connectivity index (χ4v) is 7.68. The van der Waals surface area contributed by atoms with Crippen LogP contribution in [0.5, 0.6) is 0 Å². The van der Waals surface area contributed by atoms with Gasteiger partial charge in [0, 0.05) is 41.4 Å². The third-order valence-corrected chi connectivity index (χ3v) is 10.6. The van der Waals surface area contributed by atoms with Crippen LogP contribution in [-0.2, 0) is 33.3 Å². The molecule has 11 nitrogen and oxygen atoms in total. The molecule has 0 radical (unpaired) electrons. The molecule has 51 heavy (non-hydrogen) atoms. The van der Waals surface area contributed by atoms with Gasteiger partial charge in [-0.1, -0.05) is 51.7 Å². The van der Waals surface area contributed by atoms with Crippen LogP contribution in [0.3, 0.4) is 0 Å². The number of aliphatic hydroxyl groups excluding tert-OH is 1. The monoisotopic (exact) mass is 824 g/mol. The maximum absolute atomic E-state index is 14.3. The number of rotatable bonds is 17. The van der Waals surface area contributed by atoms with Gasteiger partial charge in [0.05, 0.1) is 18.2 Å². The van der Waals surface area contributed by atoms with E-state index in [1.54, 1.807) is 37.8 Å². The summed E-state index contributed by atoms with van der Waals surface area (Å²) in [5, 5.41) is 12.8. The van der Waals surface area contributed by atoms with E-state index in [1.807, 2.05) is 18.2 Å². The molecule has 0 aromatic heterocycles. The molecule has 0 bridgehead atoms. The lowest BCUT2D eigenvalue weighted by atomic mass is 9.91. The number of amides is 2. The van der Waals surface area contributed by atoms with Gasteiger partial charge in [-0.3, -0.25) is 14.4 Å². The van der Waals surface area contributed by atoms with Gasteiger partial charge in [0.15, 0.2) is 5.79 Å². The molecule has 2 heterocycles. The molecular formula is C39H57IN2O9. The highest BCUT2D eigenvalue weighted by Crippen LogP contribution is 2.43. The maximum atomic E-state index is 14.3. The second-order valence-corrected chi connectivity index (χ2v) is 16.1. The van der Waals surface area contributed by atoms with Crippen LogP contribution in [-0.4, -0.2) is 88.7 Å². The first-order valence-electron chi connectivity index (χ1n) is 18.8. The number of nitrogens with zero attached hydrogens (tertiary/aromatic N) is 1. The Morgan fingerprint density at radius 1 is 1.06 bits per heavy atom. The van der Waals surface area contributed by atoms with Crippen molar-refractivity contribution in [1.82, 2.24) is 10.2 Å². The highest BCUT2D eigenvalue weighted by atomic mass is 127. The van der Waals surface area contributed by atoms with Gasteiger partial charge in [-0.25, -0.2) is 4.79 Å². The largest absolute Gasteiger partial charge is 0.460 e. The van der Waals surface area contributed by atoms with Crippen molar-refractivity contribution in [2.24, 2.45) is 0 Å². The number of unbranched alkanes of at least 4 members (excludes halogenated alkanes) is 4. The number of fused-ring (bicyclic) bond motifs is 1. The molecule has 2 saturated heterocycles. The van der Waals surface area contributed by atoms with Crippen LogP contribution in [0.25, 0.3) is 0 Å². The summed E-state index contributed by atoms with van der Waals surface area (Å²) >= 11 is 2.11. The number of benzene rings is 1. The summed E-state index contributed by atoms with van der Waals surface area (Å²) in [5.41, 5.74) is 0.225. The van der Waals surface area contributed by atoms with Crippen LogP contribution in [0.1, 0.15) is 128 Å². The Labute approximate surface area is 316 Å². The molecule has 5 atom stereocenters. The average Bonchev–Trinajstić information content (AvgIpc) is 3.72. The van der Waals surface area contributed by atoms with E-state index in [0.29, 0.717) is 43.4 Å². The summed E-state index contributed by atoms with van der Waals surface area (Å²) in [6, 6.07) is 5.79. The van der Waals surface area contributed by atoms with Crippen LogP contribution in [0.4, 0.5) is 0 Å². The first kappa shape index (κ1) is 41.2. The molecule has 4 rings (SSSR count). The van der Waals surface area contributed by atoms with Crippen LogP contribution in [0.15, 0.2) is 35.9 Å². The molecule has 1 aliphatic carbocycles. The van der Waals surface area contributed by atoms with Crippen molar-refractivity contribution >= 4 is 46.3 Å². The van der Waals surface area contributed by atoms with E-state index >= 15 is 0 Å². The minimum atomic E-state index is -0.838. The SMILES string of the molecule is CCCCCC1(CCCCC)O[C@@H]2[C@@H](C=C(C(=O)N3CCC[C@@H]3C(=O)N[C@H](CO)CCC(=O)OC(C)(C)C)C[C@H]2OC(=O)c2ccccc2I)O1. The van der Waals surface area contributed by atoms with E-state index in [9.17, 15) is 24.3 Å². The Morgan fingerprint density at radius 2 is 1.75 bits per heavy atom. The predicted molar refractivity (Wildman–Crippen MR) is 201 cm³/mol. The molecule has 3 aliphatic rings. The van der Waals surface area contributed by atoms with Gasteiger partial charge in [-0.05, 0) is 93.7 Å². The normalized spacial score (nSPS) is 23.3. The maximum Gasteiger partial charge on any atom is 0.339 e. The summed E-state index contributed by atoms with van der Waals surface area (Å²) in [7, 11) is 0. The lowest BCUT2D eigenvalue weighted by Gasteiger charge is -2.33. The third kappa shape index (κ3) is 11.5. The summed E-state index contributed by atoms with van der Waals surface area (Å²) in [4.78, 5) is 55.2. The minimum Gasteiger partial charge on any atom is -0.460 e. The average molecular weight is 825 g/mol. The second-order valence-electron chi connectivity index (χ2n) is 15.0. The predicted octanol–water partition coefficient (Wildman–Crippen LogP) is 6.38. The number of likely N-dealkylation sites (tertiary alicyclic amines) is 1. The van der Waals surface area contributed by atoms with Crippen molar-refractivity contribution < 1.29 is 43.2 Å². The lowest BCUT2D eigenvalue weighted by Crippen LogP contribution is -2.51. The number of hydrogen-bond donors (Lipinski definition) is 2. The molecule has 2 amide bonds. The van der Waals surface area contributed by atoms with Gasteiger partial charge in [0.2, 0.25) is 11.8 Å². The van der Waals surface area contributed by atoms with Crippen molar-refractivity contribution in [1.29, 1.82) is 0 Å². The summed E-state index contributed by atoms with van der Waals surface area (Å²) in [5.74, 6) is -2.43. The van der Waals surface area contributed by atoms with Gasteiger partial charge < -0.3 is 34.3 Å². The molecule has 284 valence electrons. The number of esters is 2. The molecule has 0 spiro atoms. The number of carbonyl (C=O) groups excluding carboxylic acids is 4. The van der Waals surface area contributed by atoms with Crippen molar-refractivity contribution in [3.05, 3.63) is 45.0 Å². The van der Waals surface area contributed by atoms with Crippen molar-refractivity contribution in [3.8, 4) is 0 Å². The van der Waals surface area contributed by atoms with E-state index < -0.39 is 53.7 Å². The molecule has 1 aromatic carbocycles. The van der Waals surface area contributed by atoms with Crippen LogP contribution in [0, 0.1) is 3.57 Å². The smallest absolute Gasteiger partial charge is 0.339 e. The highest BCUT2D eigenvalue weighted by molar-refractivity contribution is 14.1. The number of halogens is 1. The molecule has 0 unspecified atom stereocenters. The van der Waals surface area contributed by atoms with Crippen molar-refractivity contribution in [3.63, 3.8) is 0 Å². The van der Waals surface area contributed by atoms with Gasteiger partial charge in [-0.15, -0.1) is 0 Å². The van der Waals surface area contributed by atoms with E-state index in [4.69, 9.17) is 18.9 Å². The van der Waals surface area contributed by atoms with E-state index in [0.717, 1.165) is 42.1 Å². The fourth-order valence-electron chi connectivity index (χ4n) is 7.08. The van der Waals surface area contributed by atoms with Crippen molar-refractivity contribution in [2.45, 2.75) is 160 Å². The van der Waals surface area contributed by atoms with E-state index in [1.165, 1.54) is 0 Å². The second kappa shape index (κ2) is 19.0. The Balaban J connectivity index is 1.54. The Kier molecular flexibility index (Phi) is 15.3. The van der Waals surface area contributed by atoms with Crippen LogP contribution >= 0.6 is 22.6 Å². The number of nitrogens with one attached hydrogen (secondary N) is 1. The highest BCUT2D eigenvalue weighted by Gasteiger charge is 2.53. The third-order valence-electron chi connectivity index (χ3n) is 9.63. The lowest BCUT2D eigenvalue weighted by molar-refractivity contribution is -0.190. The molecule has 2 fully saturated rings. The zero-order valence-electron chi connectivity index (χ0n) is 30.9. The number of carbonyl (C=O) groups is 4. The topological polar surface area (TPSA) is 141 Å². The minimum absolute atomic E-state index is 0.0358. The molecular weight excluding hydrogens is 767 g/mol. The molecule has 2 aliphatic heterocycles. The number of ether oxygens (including phenoxy) is 4. The van der Waals surface area contributed by atoms with E-state index in [2.05, 4.69) is 41.8 Å². The van der Waals surface area contributed by atoms with Gasteiger partial charge in [0.25, 0.3) is 0 Å². The van der Waals surface area contributed by atoms with Gasteiger partial charge in [0.1, 0.15) is 30.0 Å². The molecule has 12 heteroatoms. The number of hydrogen-bond acceptors (Lipinski definition) is 9. The summed E-state index contributed by atoms with van der Waals surface area (Å²) in [6.45, 7) is 9.68. The zero-order valence-corrected chi connectivity index (χ0v) is 33.1. The molecule has 2 N–H and O–H groups in total. The van der Waals surface area contributed by atoms with Crippen LogP contribution in [0.2, 0.25) is 0 Å². The zero-order chi connectivity index (χ0) is 37.2. The first-order chi connectivity index (χ1) is 24.3. The quantitative estimate of drug-likeness (QED) is 0.104. The van der Waals surface area contributed by atoms with Crippen molar-refractivity contribution in [2.75, 3.05) is 13.2 Å². The van der Waals surface area contributed by atoms with Crippen LogP contribution < -0.4 is 5.32 Å². The Morgan fingerprint density at radius 3 is 2.37 bits per heavy atom. The fraction of sp³-hybridized carbons (Fsp3) is 0.692. The van der Waals surface area contributed by atoms with Gasteiger partial charge >= 0.3 is 11.9 Å². The first-order valence-corrected chi connectivity index (χ1v) is 19.8. The number of aliphatic hydroxyl groups is 1. The standard InChI is InChI=1S/C39H57IN2O9/c1-6-8-12-20-39(21-13-9-7-2)49-32-24-26(23-31(34(32)51-39)48-37(47)28-15-10-11-16-29(28)40)36(46)42-22-14-17-30(42)35(45)41-27(25-43)18-19-33(44)50-38(3,4)5/h10-11,15-16,24,27,30-32,34,43H,6-9,12-14,17-23,25H2,1-5H3,(H,41,45)/t27-,30+,31+,32+,34-/m0/s1. The Bertz CT molecular complexity index is 1380. The van der Waals surface area contributed by atoms with Gasteiger partial charge in [-0.2, -0.15) is 0 Å². The Hall–Kier alpha value is -2.55. The summed E-state index contributed by atoms with van der Waals surface area (Å²) < 4.78 is 25.8.